The largest absolute Gasteiger partial charge is 0.480 e. The molecule has 0 aliphatic carbocycles. The van der Waals surface area contributed by atoms with Crippen LogP contribution in [-0.4, -0.2) is 89.1 Å². The van der Waals surface area contributed by atoms with E-state index in [0.29, 0.717) is 25.8 Å². The number of nitrogens with two attached hydrogens (primary N) is 3. The van der Waals surface area contributed by atoms with Crippen LogP contribution in [0.4, 0.5) is 0 Å². The van der Waals surface area contributed by atoms with Gasteiger partial charge in [-0.1, -0.05) is 0 Å². The zero-order chi connectivity index (χ0) is 22.0. The maximum Gasteiger partial charge on any atom is 0.326 e. The molecule has 1 heterocycles. The highest BCUT2D eigenvalue weighted by atomic mass is 16.4. The minimum Gasteiger partial charge on any atom is -0.480 e. The van der Waals surface area contributed by atoms with Crippen LogP contribution < -0.4 is 27.8 Å². The molecule has 3 atom stereocenters. The summed E-state index contributed by atoms with van der Waals surface area (Å²) in [5.74, 6) is -3.11. The lowest BCUT2D eigenvalue weighted by Gasteiger charge is -2.23. The number of hydrogen-bond acceptors (Lipinski definition) is 7. The molecular formula is C16H29N7O6. The van der Waals surface area contributed by atoms with E-state index < -0.39 is 55.0 Å². The quantitative estimate of drug-likeness (QED) is 0.0990. The molecule has 1 fully saturated rings. The Balaban J connectivity index is 2.66. The Hall–Kier alpha value is -2.93. The van der Waals surface area contributed by atoms with Gasteiger partial charge in [-0.25, -0.2) is 4.79 Å². The predicted molar refractivity (Wildman–Crippen MR) is 102 cm³/mol. The molecule has 164 valence electrons. The van der Waals surface area contributed by atoms with Crippen molar-refractivity contribution in [3.63, 3.8) is 0 Å². The van der Waals surface area contributed by atoms with Crippen LogP contribution >= 0.6 is 0 Å². The van der Waals surface area contributed by atoms with Crippen LogP contribution in [0.25, 0.3) is 0 Å². The summed E-state index contributed by atoms with van der Waals surface area (Å²) in [6, 6.07) is -3.14. The SMILES string of the molecule is NC(N)=NCCCC(NC(=O)C(N)CO)C(=O)NCC(=O)N1CCCC1C(=O)O. The minimum absolute atomic E-state index is 0.110. The van der Waals surface area contributed by atoms with Crippen LogP contribution in [0.2, 0.25) is 0 Å². The topological polar surface area (TPSA) is 226 Å². The number of carbonyl (C=O) groups excluding carboxylic acids is 3. The van der Waals surface area contributed by atoms with Gasteiger partial charge < -0.3 is 42.9 Å². The summed E-state index contributed by atoms with van der Waals surface area (Å²) in [5.41, 5.74) is 15.9. The summed E-state index contributed by atoms with van der Waals surface area (Å²) < 4.78 is 0. The molecule has 1 rings (SSSR count). The molecule has 10 N–H and O–H groups in total. The second-order valence-electron chi connectivity index (χ2n) is 6.60. The van der Waals surface area contributed by atoms with Crippen molar-refractivity contribution in [2.24, 2.45) is 22.2 Å². The molecule has 0 aromatic heterocycles. The van der Waals surface area contributed by atoms with Crippen LogP contribution in [-0.2, 0) is 19.2 Å². The number of hydrogen-bond donors (Lipinski definition) is 7. The van der Waals surface area contributed by atoms with E-state index in [1.807, 2.05) is 0 Å². The Bertz CT molecular complexity index is 637. The highest BCUT2D eigenvalue weighted by Gasteiger charge is 2.34. The van der Waals surface area contributed by atoms with Gasteiger partial charge >= 0.3 is 5.97 Å². The van der Waals surface area contributed by atoms with E-state index in [4.69, 9.17) is 27.4 Å². The number of carboxylic acids is 1. The molecule has 0 radical (unpaired) electrons. The van der Waals surface area contributed by atoms with Crippen molar-refractivity contribution in [2.45, 2.75) is 43.8 Å². The number of rotatable bonds is 11. The van der Waals surface area contributed by atoms with Crippen LogP contribution in [0, 0.1) is 0 Å². The summed E-state index contributed by atoms with van der Waals surface area (Å²) in [5, 5.41) is 22.9. The summed E-state index contributed by atoms with van der Waals surface area (Å²) in [6.07, 6.45) is 1.44. The van der Waals surface area contributed by atoms with E-state index >= 15 is 0 Å². The van der Waals surface area contributed by atoms with Crippen molar-refractivity contribution in [1.29, 1.82) is 0 Å². The molecule has 1 saturated heterocycles. The normalized spacial score (nSPS) is 17.9. The first-order chi connectivity index (χ1) is 13.7. The fourth-order valence-electron chi connectivity index (χ4n) is 2.84. The van der Waals surface area contributed by atoms with Gasteiger partial charge in [0.1, 0.15) is 18.1 Å². The number of carbonyl (C=O) groups is 4. The number of aliphatic hydroxyl groups is 1. The third-order valence-corrected chi connectivity index (χ3v) is 4.38. The maximum atomic E-state index is 12.5. The highest BCUT2D eigenvalue weighted by Crippen LogP contribution is 2.17. The number of aliphatic carboxylic acids is 1. The second kappa shape index (κ2) is 11.8. The Morgan fingerprint density at radius 3 is 2.48 bits per heavy atom. The Morgan fingerprint density at radius 1 is 1.21 bits per heavy atom. The van der Waals surface area contributed by atoms with E-state index in [-0.39, 0.29) is 18.9 Å². The van der Waals surface area contributed by atoms with Gasteiger partial charge in [0.2, 0.25) is 17.7 Å². The van der Waals surface area contributed by atoms with Crippen molar-refractivity contribution in [1.82, 2.24) is 15.5 Å². The number of aliphatic hydroxyl groups excluding tert-OH is 1. The lowest BCUT2D eigenvalue weighted by Crippen LogP contribution is -2.54. The average Bonchev–Trinajstić information content (AvgIpc) is 3.17. The standard InChI is InChI=1S/C16H29N7O6/c17-9(8-24)13(26)22-10(3-1-5-20-16(18)19)14(27)21-7-12(25)23-6-2-4-11(23)15(28)29/h9-11,24H,1-8,17H2,(H,21,27)(H,22,26)(H,28,29)(H4,18,19,20). The van der Waals surface area contributed by atoms with E-state index in [1.54, 1.807) is 0 Å². The molecule has 1 aliphatic heterocycles. The van der Waals surface area contributed by atoms with Crippen molar-refractivity contribution < 1.29 is 29.4 Å². The predicted octanol–water partition coefficient (Wildman–Crippen LogP) is -3.96. The number of carboxylic acid groups (broad SMARTS) is 1. The Kier molecular flexibility index (Phi) is 9.82. The Morgan fingerprint density at radius 2 is 1.90 bits per heavy atom. The van der Waals surface area contributed by atoms with Gasteiger partial charge in [0.25, 0.3) is 0 Å². The maximum absolute atomic E-state index is 12.5. The second-order valence-corrected chi connectivity index (χ2v) is 6.60. The van der Waals surface area contributed by atoms with Gasteiger partial charge in [-0.2, -0.15) is 0 Å². The molecule has 3 amide bonds. The first-order valence-corrected chi connectivity index (χ1v) is 9.19. The van der Waals surface area contributed by atoms with Crippen molar-refractivity contribution in [2.75, 3.05) is 26.2 Å². The lowest BCUT2D eigenvalue weighted by molar-refractivity contribution is -0.148. The molecule has 1 aliphatic rings. The Labute approximate surface area is 167 Å². The zero-order valence-electron chi connectivity index (χ0n) is 16.0. The molecule has 0 bridgehead atoms. The van der Waals surface area contributed by atoms with E-state index in [2.05, 4.69) is 15.6 Å². The van der Waals surface area contributed by atoms with Crippen LogP contribution in [0.15, 0.2) is 4.99 Å². The minimum atomic E-state index is -1.20. The number of nitrogens with one attached hydrogen (secondary N) is 2. The smallest absolute Gasteiger partial charge is 0.326 e. The molecular weight excluding hydrogens is 386 g/mol. The number of guanidine groups is 1. The number of amides is 3. The molecule has 0 saturated carbocycles. The van der Waals surface area contributed by atoms with Gasteiger partial charge in [-0.3, -0.25) is 19.4 Å². The fourth-order valence-corrected chi connectivity index (χ4v) is 2.84. The van der Waals surface area contributed by atoms with Crippen LogP contribution in [0.3, 0.4) is 0 Å². The van der Waals surface area contributed by atoms with E-state index in [1.165, 1.54) is 4.90 Å². The molecule has 0 spiro atoms. The fraction of sp³-hybridized carbons (Fsp3) is 0.688. The van der Waals surface area contributed by atoms with Crippen molar-refractivity contribution in [3.8, 4) is 0 Å². The van der Waals surface area contributed by atoms with Crippen molar-refractivity contribution in [3.05, 3.63) is 0 Å². The number of aliphatic imine (C=N–C) groups is 1. The van der Waals surface area contributed by atoms with Gasteiger partial charge in [-0.05, 0) is 25.7 Å². The van der Waals surface area contributed by atoms with Crippen LogP contribution in [0.5, 0.6) is 0 Å². The highest BCUT2D eigenvalue weighted by molar-refractivity contribution is 5.92. The first-order valence-electron chi connectivity index (χ1n) is 9.19. The van der Waals surface area contributed by atoms with Crippen LogP contribution in [0.1, 0.15) is 25.7 Å². The third kappa shape index (κ3) is 7.91. The number of likely N-dealkylation sites (tertiary alicyclic amines) is 1. The van der Waals surface area contributed by atoms with E-state index in [0.717, 1.165) is 0 Å². The molecule has 13 nitrogen and oxygen atoms in total. The van der Waals surface area contributed by atoms with E-state index in [9.17, 15) is 19.2 Å². The molecule has 0 aromatic rings. The van der Waals surface area contributed by atoms with Crippen molar-refractivity contribution >= 4 is 29.7 Å². The third-order valence-electron chi connectivity index (χ3n) is 4.38. The summed E-state index contributed by atoms with van der Waals surface area (Å²) >= 11 is 0. The summed E-state index contributed by atoms with van der Waals surface area (Å²) in [6.45, 7) is -0.482. The molecule has 13 heteroatoms. The molecule has 29 heavy (non-hydrogen) atoms. The van der Waals surface area contributed by atoms with Gasteiger partial charge in [0.15, 0.2) is 5.96 Å². The molecule has 3 unspecified atom stereocenters. The van der Waals surface area contributed by atoms with Gasteiger partial charge in [-0.15, -0.1) is 0 Å². The zero-order valence-corrected chi connectivity index (χ0v) is 16.0. The summed E-state index contributed by atoms with van der Waals surface area (Å²) in [7, 11) is 0. The average molecular weight is 415 g/mol. The molecule has 0 aromatic carbocycles. The summed E-state index contributed by atoms with van der Waals surface area (Å²) in [4.78, 5) is 52.8. The lowest BCUT2D eigenvalue weighted by atomic mass is 10.1. The number of nitrogens with zero attached hydrogens (tertiary/aromatic N) is 2. The van der Waals surface area contributed by atoms with Gasteiger partial charge in [0, 0.05) is 13.1 Å². The monoisotopic (exact) mass is 415 g/mol. The first kappa shape index (κ1) is 24.1. The van der Waals surface area contributed by atoms with Gasteiger partial charge in [0.05, 0.1) is 13.2 Å².